The van der Waals surface area contributed by atoms with Gasteiger partial charge in [0.05, 0.1) is 5.56 Å². The molecule has 5 nitrogen and oxygen atoms in total. The van der Waals surface area contributed by atoms with Gasteiger partial charge in [0.2, 0.25) is 5.88 Å². The number of hydrogen-bond acceptors (Lipinski definition) is 5. The third-order valence-electron chi connectivity index (χ3n) is 1.58. The second-order valence-corrected chi connectivity index (χ2v) is 4.01. The molecule has 0 saturated carbocycles. The van der Waals surface area contributed by atoms with Crippen molar-refractivity contribution in [2.24, 2.45) is 5.84 Å². The minimum Gasteiger partial charge on any atom is -0.472 e. The Morgan fingerprint density at radius 1 is 1.36 bits per heavy atom. The van der Waals surface area contributed by atoms with Gasteiger partial charge in [-0.05, 0) is 27.7 Å². The Kier molecular flexibility index (Phi) is 2.90. The average molecular weight is 196 g/mol. The van der Waals surface area contributed by atoms with Crippen molar-refractivity contribution in [1.29, 1.82) is 0 Å². The molecule has 1 aromatic heterocycles. The largest absolute Gasteiger partial charge is 0.472 e. The van der Waals surface area contributed by atoms with Crippen LogP contribution in [0.4, 0.5) is 5.82 Å². The highest BCUT2D eigenvalue weighted by atomic mass is 16.5. The Morgan fingerprint density at radius 2 is 2.00 bits per heavy atom. The monoisotopic (exact) mass is 196 g/mol. The predicted octanol–water partition coefficient (Wildman–Crippen LogP) is 1.25. The van der Waals surface area contributed by atoms with E-state index < -0.39 is 0 Å². The van der Waals surface area contributed by atoms with E-state index in [1.807, 2.05) is 27.7 Å². The Labute approximate surface area is 83.7 Å². The maximum Gasteiger partial charge on any atom is 0.222 e. The number of ether oxygens (including phenoxy) is 1. The van der Waals surface area contributed by atoms with Gasteiger partial charge < -0.3 is 10.2 Å². The molecular weight excluding hydrogens is 180 g/mol. The first-order valence-electron chi connectivity index (χ1n) is 4.41. The van der Waals surface area contributed by atoms with Crippen LogP contribution in [0.1, 0.15) is 26.3 Å². The maximum atomic E-state index is 5.63. The molecule has 0 saturated heterocycles. The number of nitrogens with one attached hydrogen (secondary N) is 1. The summed E-state index contributed by atoms with van der Waals surface area (Å²) in [4.78, 5) is 8.00. The molecule has 14 heavy (non-hydrogen) atoms. The van der Waals surface area contributed by atoms with Gasteiger partial charge in [-0.2, -0.15) is 0 Å². The molecule has 0 aliphatic carbocycles. The van der Waals surface area contributed by atoms with E-state index in [4.69, 9.17) is 10.6 Å². The molecule has 0 unspecified atom stereocenters. The lowest BCUT2D eigenvalue weighted by Crippen LogP contribution is -2.24. The summed E-state index contributed by atoms with van der Waals surface area (Å²) in [5, 5.41) is 0. The fourth-order valence-corrected chi connectivity index (χ4v) is 0.972. The molecule has 1 heterocycles. The van der Waals surface area contributed by atoms with Gasteiger partial charge in [0.1, 0.15) is 17.7 Å². The SMILES string of the molecule is Cc1c(NN)ncnc1OC(C)(C)C. The predicted molar refractivity (Wildman–Crippen MR) is 55.0 cm³/mol. The molecule has 0 fully saturated rings. The molecule has 78 valence electrons. The van der Waals surface area contributed by atoms with Gasteiger partial charge in [-0.15, -0.1) is 0 Å². The normalized spacial score (nSPS) is 11.2. The average Bonchev–Trinajstić information content (AvgIpc) is 2.06. The lowest BCUT2D eigenvalue weighted by atomic mass is 10.2. The minimum absolute atomic E-state index is 0.273. The summed E-state index contributed by atoms with van der Waals surface area (Å²) in [7, 11) is 0. The van der Waals surface area contributed by atoms with Crippen molar-refractivity contribution >= 4 is 5.82 Å². The quantitative estimate of drug-likeness (QED) is 0.550. The first-order valence-corrected chi connectivity index (χ1v) is 4.41. The second kappa shape index (κ2) is 3.79. The van der Waals surface area contributed by atoms with Crippen LogP contribution in [0, 0.1) is 6.92 Å². The Morgan fingerprint density at radius 3 is 2.50 bits per heavy atom. The molecule has 5 heteroatoms. The van der Waals surface area contributed by atoms with E-state index in [9.17, 15) is 0 Å². The van der Waals surface area contributed by atoms with Crippen LogP contribution in [0.3, 0.4) is 0 Å². The molecule has 0 spiro atoms. The highest BCUT2D eigenvalue weighted by molar-refractivity contribution is 5.46. The molecule has 1 rings (SSSR count). The zero-order valence-electron chi connectivity index (χ0n) is 8.96. The topological polar surface area (TPSA) is 73.1 Å². The number of nitrogens with zero attached hydrogens (tertiary/aromatic N) is 2. The van der Waals surface area contributed by atoms with Crippen molar-refractivity contribution in [2.75, 3.05) is 5.43 Å². The third-order valence-corrected chi connectivity index (χ3v) is 1.58. The van der Waals surface area contributed by atoms with Gasteiger partial charge in [-0.3, -0.25) is 0 Å². The summed E-state index contributed by atoms with van der Waals surface area (Å²) in [5.41, 5.74) is 3.03. The highest BCUT2D eigenvalue weighted by Gasteiger charge is 2.16. The fraction of sp³-hybridized carbons (Fsp3) is 0.556. The number of nitrogen functional groups attached to an aromatic ring is 1. The molecule has 0 radical (unpaired) electrons. The molecule has 1 aromatic rings. The molecule has 0 aromatic carbocycles. The van der Waals surface area contributed by atoms with Crippen LogP contribution in [0.25, 0.3) is 0 Å². The minimum atomic E-state index is -0.273. The van der Waals surface area contributed by atoms with Gasteiger partial charge in [0.25, 0.3) is 0 Å². The van der Waals surface area contributed by atoms with Crippen molar-refractivity contribution in [3.8, 4) is 5.88 Å². The summed E-state index contributed by atoms with van der Waals surface area (Å²) in [6.07, 6.45) is 1.42. The van der Waals surface area contributed by atoms with Crippen molar-refractivity contribution < 1.29 is 4.74 Å². The van der Waals surface area contributed by atoms with Crippen molar-refractivity contribution in [3.05, 3.63) is 11.9 Å². The van der Waals surface area contributed by atoms with Crippen molar-refractivity contribution in [1.82, 2.24) is 9.97 Å². The molecule has 0 aliphatic rings. The van der Waals surface area contributed by atoms with Crippen molar-refractivity contribution in [3.63, 3.8) is 0 Å². The molecule has 0 bridgehead atoms. The summed E-state index contributed by atoms with van der Waals surface area (Å²) >= 11 is 0. The standard InChI is InChI=1S/C9H16N4O/c1-6-7(13-10)11-5-12-8(6)14-9(2,3)4/h5H,10H2,1-4H3,(H,11,12,13). The van der Waals surface area contributed by atoms with Gasteiger partial charge in [-0.1, -0.05) is 0 Å². The van der Waals surface area contributed by atoms with Gasteiger partial charge >= 0.3 is 0 Å². The highest BCUT2D eigenvalue weighted by Crippen LogP contribution is 2.23. The second-order valence-electron chi connectivity index (χ2n) is 4.01. The number of hydrogen-bond donors (Lipinski definition) is 2. The Balaban J connectivity index is 2.98. The number of hydrazine groups is 1. The Hall–Kier alpha value is -1.36. The van der Waals surface area contributed by atoms with E-state index >= 15 is 0 Å². The first kappa shape index (κ1) is 10.7. The molecule has 3 N–H and O–H groups in total. The van der Waals surface area contributed by atoms with E-state index in [0.717, 1.165) is 5.56 Å². The number of aromatic nitrogens is 2. The van der Waals surface area contributed by atoms with Crippen LogP contribution in [-0.2, 0) is 0 Å². The van der Waals surface area contributed by atoms with E-state index in [1.165, 1.54) is 6.33 Å². The number of rotatable bonds is 2. The first-order chi connectivity index (χ1) is 6.44. The van der Waals surface area contributed by atoms with Crippen LogP contribution in [0.2, 0.25) is 0 Å². The number of nitrogens with two attached hydrogens (primary N) is 1. The van der Waals surface area contributed by atoms with E-state index in [-0.39, 0.29) is 5.60 Å². The smallest absolute Gasteiger partial charge is 0.222 e. The van der Waals surface area contributed by atoms with Gasteiger partial charge in [-0.25, -0.2) is 15.8 Å². The van der Waals surface area contributed by atoms with E-state index in [1.54, 1.807) is 0 Å². The summed E-state index contributed by atoms with van der Waals surface area (Å²) < 4.78 is 5.63. The van der Waals surface area contributed by atoms with Gasteiger partial charge in [0, 0.05) is 0 Å². The summed E-state index contributed by atoms with van der Waals surface area (Å²) in [6, 6.07) is 0. The van der Waals surface area contributed by atoms with Crippen LogP contribution >= 0.6 is 0 Å². The van der Waals surface area contributed by atoms with Gasteiger partial charge in [0.15, 0.2) is 0 Å². The summed E-state index contributed by atoms with van der Waals surface area (Å²) in [6.45, 7) is 7.74. The Bertz CT molecular complexity index is 319. The van der Waals surface area contributed by atoms with Crippen LogP contribution in [-0.4, -0.2) is 15.6 Å². The molecular formula is C9H16N4O. The van der Waals surface area contributed by atoms with E-state index in [0.29, 0.717) is 11.7 Å². The van der Waals surface area contributed by atoms with Crippen molar-refractivity contribution in [2.45, 2.75) is 33.3 Å². The zero-order valence-corrected chi connectivity index (χ0v) is 8.96. The summed E-state index contributed by atoms with van der Waals surface area (Å²) in [5.74, 6) is 6.43. The number of anilines is 1. The lowest BCUT2D eigenvalue weighted by Gasteiger charge is -2.21. The zero-order chi connectivity index (χ0) is 10.8. The van der Waals surface area contributed by atoms with Crippen LogP contribution in [0.15, 0.2) is 6.33 Å². The molecule has 0 aliphatic heterocycles. The lowest BCUT2D eigenvalue weighted by molar-refractivity contribution is 0.123. The maximum absolute atomic E-state index is 5.63. The van der Waals surface area contributed by atoms with E-state index in [2.05, 4.69) is 15.4 Å². The third kappa shape index (κ3) is 2.56. The molecule has 0 atom stereocenters. The fourth-order valence-electron chi connectivity index (χ4n) is 0.972. The molecule has 0 amide bonds. The van der Waals surface area contributed by atoms with Crippen LogP contribution < -0.4 is 16.0 Å². The van der Waals surface area contributed by atoms with Crippen LogP contribution in [0.5, 0.6) is 5.88 Å².